The van der Waals surface area contributed by atoms with E-state index in [0.717, 1.165) is 35.0 Å². The highest BCUT2D eigenvalue weighted by atomic mass is 35.5. The number of hydrogen-bond acceptors (Lipinski definition) is 3. The molecule has 4 rings (SSSR count). The summed E-state index contributed by atoms with van der Waals surface area (Å²) in [6.45, 7) is 3.79. The van der Waals surface area contributed by atoms with Gasteiger partial charge in [0.2, 0.25) is 0 Å². The summed E-state index contributed by atoms with van der Waals surface area (Å²) in [5.74, 6) is 0.120. The van der Waals surface area contributed by atoms with Gasteiger partial charge in [-0.25, -0.2) is 8.42 Å². The minimum absolute atomic E-state index is 0.120. The second-order valence-corrected chi connectivity index (χ2v) is 9.26. The highest BCUT2D eigenvalue weighted by Crippen LogP contribution is 2.34. The van der Waals surface area contributed by atoms with Gasteiger partial charge in [0.15, 0.2) is 5.78 Å². The average Bonchev–Trinajstić information content (AvgIpc) is 3.01. The molecule has 0 bridgehead atoms. The number of carbonyl (C=O) groups excluding carboxylic acids is 1. The molecule has 5 nitrogen and oxygen atoms in total. The van der Waals surface area contributed by atoms with E-state index < -0.39 is 10.0 Å². The maximum absolute atomic E-state index is 13.1. The van der Waals surface area contributed by atoms with Crippen molar-refractivity contribution in [1.82, 2.24) is 4.98 Å². The van der Waals surface area contributed by atoms with Gasteiger partial charge in [-0.15, -0.1) is 0 Å². The van der Waals surface area contributed by atoms with Crippen LogP contribution >= 0.6 is 11.6 Å². The van der Waals surface area contributed by atoms with Gasteiger partial charge in [0.1, 0.15) is 0 Å². The molecule has 0 radical (unpaired) electrons. The summed E-state index contributed by atoms with van der Waals surface area (Å²) in [5, 5.41) is 1.16. The summed E-state index contributed by atoms with van der Waals surface area (Å²) in [4.78, 5) is 15.8. The molecule has 28 heavy (non-hydrogen) atoms. The van der Waals surface area contributed by atoms with E-state index in [1.54, 1.807) is 24.3 Å². The molecule has 7 heteroatoms. The number of hydrogen-bond donors (Lipinski definition) is 2. The van der Waals surface area contributed by atoms with E-state index >= 15 is 0 Å². The molecule has 3 aromatic rings. The highest BCUT2D eigenvalue weighted by molar-refractivity contribution is 7.92. The van der Waals surface area contributed by atoms with E-state index in [1.807, 2.05) is 19.9 Å². The third-order valence-corrected chi connectivity index (χ3v) is 6.97. The number of nitrogens with one attached hydrogen (secondary N) is 2. The third-order valence-electron chi connectivity index (χ3n) is 5.21. The Morgan fingerprint density at radius 1 is 1.18 bits per heavy atom. The lowest BCUT2D eigenvalue weighted by molar-refractivity contribution is 0.0974. The molecule has 1 aliphatic carbocycles. The number of ketones is 1. The molecule has 0 spiro atoms. The predicted octanol–water partition coefficient (Wildman–Crippen LogP) is 5.01. The number of fused-ring (bicyclic) bond motifs is 3. The molecule has 1 aromatic heterocycles. The van der Waals surface area contributed by atoms with Crippen molar-refractivity contribution in [3.8, 4) is 0 Å². The normalized spacial score (nSPS) is 14.3. The van der Waals surface area contributed by atoms with E-state index in [-0.39, 0.29) is 10.7 Å². The molecule has 0 amide bonds. The van der Waals surface area contributed by atoms with Gasteiger partial charge < -0.3 is 4.98 Å². The zero-order valence-electron chi connectivity index (χ0n) is 15.7. The molecule has 146 valence electrons. The number of sulfonamides is 1. The van der Waals surface area contributed by atoms with Crippen LogP contribution in [0.5, 0.6) is 0 Å². The van der Waals surface area contributed by atoms with Crippen molar-refractivity contribution in [2.75, 3.05) is 4.72 Å². The molecule has 0 atom stereocenters. The van der Waals surface area contributed by atoms with E-state index in [2.05, 4.69) is 9.71 Å². The van der Waals surface area contributed by atoms with Crippen LogP contribution in [0.15, 0.2) is 35.2 Å². The first-order chi connectivity index (χ1) is 13.3. The Kier molecular flexibility index (Phi) is 4.71. The Bertz CT molecular complexity index is 1210. The quantitative estimate of drug-likeness (QED) is 0.627. The predicted molar refractivity (Wildman–Crippen MR) is 112 cm³/mol. The molecule has 1 heterocycles. The van der Waals surface area contributed by atoms with Crippen molar-refractivity contribution < 1.29 is 13.2 Å². The molecule has 0 unspecified atom stereocenters. The highest BCUT2D eigenvalue weighted by Gasteiger charge is 2.26. The Morgan fingerprint density at radius 2 is 1.96 bits per heavy atom. The zero-order valence-corrected chi connectivity index (χ0v) is 17.3. The Labute approximate surface area is 169 Å². The van der Waals surface area contributed by atoms with Crippen molar-refractivity contribution in [1.29, 1.82) is 0 Å². The van der Waals surface area contributed by atoms with Crippen molar-refractivity contribution in [3.05, 3.63) is 57.7 Å². The Morgan fingerprint density at radius 3 is 2.68 bits per heavy atom. The van der Waals surface area contributed by atoms with Gasteiger partial charge in [-0.2, -0.15) is 0 Å². The first-order valence-corrected chi connectivity index (χ1v) is 11.2. The molecule has 1 aliphatic rings. The van der Waals surface area contributed by atoms with Gasteiger partial charge in [-0.05, 0) is 61.6 Å². The summed E-state index contributed by atoms with van der Waals surface area (Å²) >= 11 is 6.21. The van der Waals surface area contributed by atoms with Crippen LogP contribution in [0.4, 0.5) is 5.69 Å². The number of benzene rings is 2. The van der Waals surface area contributed by atoms with Crippen LogP contribution < -0.4 is 4.72 Å². The van der Waals surface area contributed by atoms with Gasteiger partial charge in [0.05, 0.1) is 15.6 Å². The van der Waals surface area contributed by atoms with Crippen molar-refractivity contribution >= 4 is 44.0 Å². The molecule has 0 aliphatic heterocycles. The number of anilines is 1. The fourth-order valence-corrected chi connectivity index (χ4v) is 5.55. The minimum atomic E-state index is -3.84. The summed E-state index contributed by atoms with van der Waals surface area (Å²) < 4.78 is 28.8. The zero-order chi connectivity index (χ0) is 20.1. The lowest BCUT2D eigenvalue weighted by Gasteiger charge is -2.14. The maximum atomic E-state index is 13.1. The van der Waals surface area contributed by atoms with E-state index in [9.17, 15) is 13.2 Å². The molecule has 2 aromatic carbocycles. The van der Waals surface area contributed by atoms with Crippen LogP contribution in [0, 0.1) is 6.92 Å². The molecule has 0 saturated heterocycles. The standard InChI is InChI=1S/C21H21ClN2O3S/c1-3-13-10-14-18(23-17-5-4-6-19(25)21(14)17)11-20(13)28(26,27)24-16-8-7-12(2)9-15(16)22/h7-11,23-24H,3-6H2,1-2H3. The van der Waals surface area contributed by atoms with Crippen LogP contribution in [-0.2, 0) is 22.9 Å². The first kappa shape index (κ1) is 19.0. The smallest absolute Gasteiger partial charge is 0.262 e. The second-order valence-electron chi connectivity index (χ2n) is 7.20. The summed E-state index contributed by atoms with van der Waals surface area (Å²) in [5.41, 5.74) is 4.25. The van der Waals surface area contributed by atoms with Gasteiger partial charge in [0, 0.05) is 28.6 Å². The number of aromatic amines is 1. The van der Waals surface area contributed by atoms with Crippen LogP contribution in [0.2, 0.25) is 5.02 Å². The van der Waals surface area contributed by atoms with E-state index in [4.69, 9.17) is 11.6 Å². The number of aryl methyl sites for hydroxylation is 3. The fraction of sp³-hybridized carbons (Fsp3) is 0.286. The molecule has 0 saturated carbocycles. The Hall–Kier alpha value is -2.31. The van der Waals surface area contributed by atoms with Crippen LogP contribution in [-0.4, -0.2) is 19.2 Å². The van der Waals surface area contributed by atoms with Gasteiger partial charge >= 0.3 is 0 Å². The van der Waals surface area contributed by atoms with Crippen LogP contribution in [0.1, 0.15) is 46.9 Å². The summed E-state index contributed by atoms with van der Waals surface area (Å²) in [6, 6.07) is 8.64. The third kappa shape index (κ3) is 3.20. The monoisotopic (exact) mass is 416 g/mol. The fourth-order valence-electron chi connectivity index (χ4n) is 3.81. The van der Waals surface area contributed by atoms with E-state index in [1.165, 1.54) is 0 Å². The van der Waals surface area contributed by atoms with Crippen LogP contribution in [0.25, 0.3) is 10.9 Å². The Balaban J connectivity index is 1.84. The number of Topliss-reactive ketones (excluding diaryl/α,β-unsaturated/α-hetero) is 1. The summed E-state index contributed by atoms with van der Waals surface area (Å²) in [7, 11) is -3.84. The number of H-pyrrole nitrogens is 1. The molecular formula is C21H21ClN2O3S. The van der Waals surface area contributed by atoms with Crippen molar-refractivity contribution in [2.45, 2.75) is 44.4 Å². The molecule has 2 N–H and O–H groups in total. The summed E-state index contributed by atoms with van der Waals surface area (Å²) in [6.07, 6.45) is 2.69. The second kappa shape index (κ2) is 6.94. The van der Waals surface area contributed by atoms with Gasteiger partial charge in [0.25, 0.3) is 10.0 Å². The average molecular weight is 417 g/mol. The first-order valence-electron chi connectivity index (χ1n) is 9.30. The van der Waals surface area contributed by atoms with Crippen molar-refractivity contribution in [2.24, 2.45) is 0 Å². The molecule has 0 fully saturated rings. The lowest BCUT2D eigenvalue weighted by Crippen LogP contribution is -2.15. The number of halogens is 1. The van der Waals surface area contributed by atoms with E-state index in [0.29, 0.717) is 34.6 Å². The maximum Gasteiger partial charge on any atom is 0.262 e. The van der Waals surface area contributed by atoms with Gasteiger partial charge in [-0.3, -0.25) is 9.52 Å². The van der Waals surface area contributed by atoms with Crippen molar-refractivity contribution in [3.63, 3.8) is 0 Å². The lowest BCUT2D eigenvalue weighted by atomic mass is 9.94. The van der Waals surface area contributed by atoms with Gasteiger partial charge in [-0.1, -0.05) is 24.6 Å². The number of aromatic nitrogens is 1. The van der Waals surface area contributed by atoms with Crippen LogP contribution in [0.3, 0.4) is 0 Å². The number of rotatable bonds is 4. The molecular weight excluding hydrogens is 396 g/mol. The SMILES string of the molecule is CCc1cc2c3c([nH]c2cc1S(=O)(=O)Nc1ccc(C)cc1Cl)CCCC3=O. The largest absolute Gasteiger partial charge is 0.358 e. The topological polar surface area (TPSA) is 79.0 Å². The minimum Gasteiger partial charge on any atom is -0.358 e. The number of carbonyl (C=O) groups is 1.